The van der Waals surface area contributed by atoms with E-state index in [1.54, 1.807) is 0 Å². The van der Waals surface area contributed by atoms with Crippen LogP contribution in [0.1, 0.15) is 25.0 Å². The van der Waals surface area contributed by atoms with E-state index in [9.17, 15) is 0 Å². The van der Waals surface area contributed by atoms with Gasteiger partial charge in [0.05, 0.1) is 6.10 Å². The standard InChI is InChI=1S/C14H17Br2NO/c15-9-14(5-6-18-13(14)10-1-2-10)7-12-4-3-11(16)8-17-12/h3-4,8,10,13H,1-2,5-7,9H2. The molecule has 4 heteroatoms. The molecule has 2 unspecified atom stereocenters. The molecule has 0 spiro atoms. The van der Waals surface area contributed by atoms with Crippen LogP contribution in [0.5, 0.6) is 0 Å². The molecule has 3 rings (SSSR count). The van der Waals surface area contributed by atoms with Crippen molar-refractivity contribution in [2.45, 2.75) is 31.8 Å². The quantitative estimate of drug-likeness (QED) is 0.744. The first-order chi connectivity index (χ1) is 8.73. The second-order valence-electron chi connectivity index (χ2n) is 5.52. The Morgan fingerprint density at radius 3 is 2.83 bits per heavy atom. The van der Waals surface area contributed by atoms with Crippen LogP contribution in [0.4, 0.5) is 0 Å². The van der Waals surface area contributed by atoms with Crippen LogP contribution in [-0.4, -0.2) is 23.0 Å². The minimum atomic E-state index is 0.252. The van der Waals surface area contributed by atoms with Crippen LogP contribution in [0.15, 0.2) is 22.8 Å². The first-order valence-corrected chi connectivity index (χ1v) is 8.43. The summed E-state index contributed by atoms with van der Waals surface area (Å²) in [5.41, 5.74) is 1.43. The predicted molar refractivity (Wildman–Crippen MR) is 78.9 cm³/mol. The van der Waals surface area contributed by atoms with Crippen molar-refractivity contribution in [3.8, 4) is 0 Å². The van der Waals surface area contributed by atoms with Gasteiger partial charge in [-0.05, 0) is 59.7 Å². The molecule has 18 heavy (non-hydrogen) atoms. The minimum Gasteiger partial charge on any atom is -0.377 e. The van der Waals surface area contributed by atoms with Gasteiger partial charge in [-0.15, -0.1) is 0 Å². The highest BCUT2D eigenvalue weighted by molar-refractivity contribution is 9.10. The van der Waals surface area contributed by atoms with Crippen molar-refractivity contribution in [2.75, 3.05) is 11.9 Å². The van der Waals surface area contributed by atoms with Crippen molar-refractivity contribution in [3.63, 3.8) is 0 Å². The largest absolute Gasteiger partial charge is 0.377 e. The van der Waals surface area contributed by atoms with Crippen molar-refractivity contribution < 1.29 is 4.74 Å². The van der Waals surface area contributed by atoms with Crippen molar-refractivity contribution in [1.29, 1.82) is 0 Å². The number of rotatable bonds is 4. The second kappa shape index (κ2) is 5.22. The van der Waals surface area contributed by atoms with Crippen LogP contribution in [0.25, 0.3) is 0 Å². The number of halogens is 2. The first kappa shape index (κ1) is 13.1. The molecule has 2 fully saturated rings. The number of hydrogen-bond acceptors (Lipinski definition) is 2. The van der Waals surface area contributed by atoms with E-state index in [0.717, 1.165) is 35.2 Å². The third-order valence-electron chi connectivity index (χ3n) is 4.14. The zero-order valence-electron chi connectivity index (χ0n) is 10.2. The molecule has 0 aromatic carbocycles. The molecule has 2 atom stereocenters. The van der Waals surface area contributed by atoms with Gasteiger partial charge in [0.15, 0.2) is 0 Å². The van der Waals surface area contributed by atoms with Gasteiger partial charge in [-0.2, -0.15) is 0 Å². The Morgan fingerprint density at radius 1 is 1.39 bits per heavy atom. The Morgan fingerprint density at radius 2 is 2.22 bits per heavy atom. The number of aromatic nitrogens is 1. The number of pyridine rings is 1. The summed E-state index contributed by atoms with van der Waals surface area (Å²) < 4.78 is 7.05. The van der Waals surface area contributed by atoms with Gasteiger partial charge in [-0.1, -0.05) is 15.9 Å². The Bertz CT molecular complexity index is 418. The van der Waals surface area contributed by atoms with Crippen LogP contribution < -0.4 is 0 Å². The van der Waals surface area contributed by atoms with Gasteiger partial charge in [0, 0.05) is 33.7 Å². The van der Waals surface area contributed by atoms with Crippen LogP contribution >= 0.6 is 31.9 Å². The van der Waals surface area contributed by atoms with E-state index in [1.807, 2.05) is 6.20 Å². The number of nitrogens with zero attached hydrogens (tertiary/aromatic N) is 1. The molecule has 1 aliphatic carbocycles. The zero-order valence-corrected chi connectivity index (χ0v) is 13.4. The fraction of sp³-hybridized carbons (Fsp3) is 0.643. The molecule has 98 valence electrons. The highest BCUT2D eigenvalue weighted by Gasteiger charge is 2.50. The minimum absolute atomic E-state index is 0.252. The molecule has 1 saturated carbocycles. The molecule has 0 N–H and O–H groups in total. The Labute approximate surface area is 125 Å². The molecular weight excluding hydrogens is 358 g/mol. The Hall–Kier alpha value is 0.0700. The SMILES string of the molecule is BrCC1(Cc2ccc(Br)cn2)CCOC1C1CC1. The van der Waals surface area contributed by atoms with E-state index >= 15 is 0 Å². The fourth-order valence-electron chi connectivity index (χ4n) is 2.99. The van der Waals surface area contributed by atoms with Gasteiger partial charge >= 0.3 is 0 Å². The van der Waals surface area contributed by atoms with Gasteiger partial charge in [-0.3, -0.25) is 4.98 Å². The molecule has 2 nitrogen and oxygen atoms in total. The highest BCUT2D eigenvalue weighted by Crippen LogP contribution is 2.50. The molecule has 0 amide bonds. The molecule has 1 aromatic rings. The maximum absolute atomic E-state index is 6.01. The van der Waals surface area contributed by atoms with Crippen LogP contribution in [0.2, 0.25) is 0 Å². The summed E-state index contributed by atoms with van der Waals surface area (Å²) in [5, 5.41) is 1.01. The van der Waals surface area contributed by atoms with Crippen molar-refractivity contribution in [3.05, 3.63) is 28.5 Å². The molecule has 1 aliphatic heterocycles. The predicted octanol–water partition coefficient (Wildman–Crippen LogP) is 3.97. The number of ether oxygens (including phenoxy) is 1. The summed E-state index contributed by atoms with van der Waals surface area (Å²) in [5.74, 6) is 0.792. The first-order valence-electron chi connectivity index (χ1n) is 6.51. The van der Waals surface area contributed by atoms with Gasteiger partial charge in [0.2, 0.25) is 0 Å². The number of alkyl halides is 1. The zero-order chi connectivity index (χ0) is 12.6. The normalized spacial score (nSPS) is 31.8. The van der Waals surface area contributed by atoms with E-state index in [0.29, 0.717) is 6.10 Å². The Balaban J connectivity index is 1.80. The van der Waals surface area contributed by atoms with Gasteiger partial charge < -0.3 is 4.74 Å². The molecule has 1 aromatic heterocycles. The molecule has 2 heterocycles. The summed E-state index contributed by atoms with van der Waals surface area (Å²) >= 11 is 7.16. The van der Waals surface area contributed by atoms with Gasteiger partial charge in [-0.25, -0.2) is 0 Å². The summed E-state index contributed by atoms with van der Waals surface area (Å²) in [6.45, 7) is 0.906. The lowest BCUT2D eigenvalue weighted by atomic mass is 9.77. The van der Waals surface area contributed by atoms with Crippen molar-refractivity contribution in [2.24, 2.45) is 11.3 Å². The van der Waals surface area contributed by atoms with Crippen LogP contribution in [0, 0.1) is 11.3 Å². The van der Waals surface area contributed by atoms with E-state index in [4.69, 9.17) is 4.74 Å². The summed E-state index contributed by atoms with van der Waals surface area (Å²) in [6, 6.07) is 4.20. The monoisotopic (exact) mass is 373 g/mol. The molecule has 1 saturated heterocycles. The molecule has 0 bridgehead atoms. The van der Waals surface area contributed by atoms with E-state index in [1.165, 1.54) is 18.5 Å². The lowest BCUT2D eigenvalue weighted by Gasteiger charge is -2.32. The third kappa shape index (κ3) is 2.52. The average molecular weight is 375 g/mol. The fourth-order valence-corrected chi connectivity index (χ4v) is 4.03. The summed E-state index contributed by atoms with van der Waals surface area (Å²) in [4.78, 5) is 4.53. The van der Waals surface area contributed by atoms with E-state index in [-0.39, 0.29) is 5.41 Å². The maximum atomic E-state index is 6.01. The van der Waals surface area contributed by atoms with Gasteiger partial charge in [0.25, 0.3) is 0 Å². The highest BCUT2D eigenvalue weighted by atomic mass is 79.9. The van der Waals surface area contributed by atoms with E-state index in [2.05, 4.69) is 49.0 Å². The smallest absolute Gasteiger partial charge is 0.0672 e. The Kier molecular flexibility index (Phi) is 3.79. The van der Waals surface area contributed by atoms with Crippen LogP contribution in [-0.2, 0) is 11.2 Å². The maximum Gasteiger partial charge on any atom is 0.0672 e. The molecule has 0 radical (unpaired) electrons. The summed E-state index contributed by atoms with van der Waals surface area (Å²) in [6.07, 6.45) is 7.17. The third-order valence-corrected chi connectivity index (χ3v) is 5.72. The topological polar surface area (TPSA) is 22.1 Å². The molecular formula is C14H17Br2NO. The lowest BCUT2D eigenvalue weighted by molar-refractivity contribution is 0.0409. The van der Waals surface area contributed by atoms with Crippen molar-refractivity contribution >= 4 is 31.9 Å². The van der Waals surface area contributed by atoms with E-state index < -0.39 is 0 Å². The summed E-state index contributed by atoms with van der Waals surface area (Å²) in [7, 11) is 0. The van der Waals surface area contributed by atoms with Crippen molar-refractivity contribution in [1.82, 2.24) is 4.98 Å². The molecule has 2 aliphatic rings. The second-order valence-corrected chi connectivity index (χ2v) is 7.00. The lowest BCUT2D eigenvalue weighted by Crippen LogP contribution is -2.36. The average Bonchev–Trinajstić information content (AvgIpc) is 3.14. The van der Waals surface area contributed by atoms with Crippen LogP contribution in [0.3, 0.4) is 0 Å². The number of hydrogen-bond donors (Lipinski definition) is 0. The van der Waals surface area contributed by atoms with Gasteiger partial charge in [0.1, 0.15) is 0 Å².